The molecular weight excluding hydrogens is 204 g/mol. The van der Waals surface area contributed by atoms with Crippen molar-refractivity contribution in [1.29, 1.82) is 0 Å². The summed E-state index contributed by atoms with van der Waals surface area (Å²) in [5.41, 5.74) is -0.0176. The number of rotatable bonds is 3. The van der Waals surface area contributed by atoms with E-state index in [9.17, 15) is 4.79 Å². The third kappa shape index (κ3) is 3.67. The molecule has 94 valence electrons. The van der Waals surface area contributed by atoms with Gasteiger partial charge in [0.1, 0.15) is 0 Å². The SMILES string of the molecule is CCCCOC(=O)N1CC(C)(C)NCC1C. The molecule has 4 heteroatoms. The molecule has 1 rings (SSSR count). The minimum Gasteiger partial charge on any atom is -0.449 e. The molecule has 1 heterocycles. The van der Waals surface area contributed by atoms with Crippen molar-refractivity contribution in [1.82, 2.24) is 10.2 Å². The van der Waals surface area contributed by atoms with Crippen molar-refractivity contribution in [2.75, 3.05) is 19.7 Å². The van der Waals surface area contributed by atoms with Gasteiger partial charge in [0, 0.05) is 24.7 Å². The Morgan fingerprint density at radius 2 is 2.25 bits per heavy atom. The maximum absolute atomic E-state index is 11.8. The second kappa shape index (κ2) is 5.53. The zero-order valence-electron chi connectivity index (χ0n) is 10.9. The van der Waals surface area contributed by atoms with E-state index in [1.807, 2.05) is 11.8 Å². The largest absolute Gasteiger partial charge is 0.449 e. The molecule has 1 unspecified atom stereocenters. The second-order valence-corrected chi connectivity index (χ2v) is 5.21. The molecule has 0 aromatic carbocycles. The van der Waals surface area contributed by atoms with Gasteiger partial charge in [-0.1, -0.05) is 13.3 Å². The Bertz CT molecular complexity index is 241. The summed E-state index contributed by atoms with van der Waals surface area (Å²) in [4.78, 5) is 13.7. The molecule has 0 radical (unpaired) electrons. The zero-order valence-corrected chi connectivity index (χ0v) is 10.9. The van der Waals surface area contributed by atoms with Gasteiger partial charge in [-0.25, -0.2) is 4.79 Å². The van der Waals surface area contributed by atoms with Crippen LogP contribution < -0.4 is 5.32 Å². The van der Waals surface area contributed by atoms with Gasteiger partial charge in [0.2, 0.25) is 0 Å². The number of ether oxygens (including phenoxy) is 1. The van der Waals surface area contributed by atoms with Gasteiger partial charge in [0.25, 0.3) is 0 Å². The van der Waals surface area contributed by atoms with Crippen molar-refractivity contribution in [3.8, 4) is 0 Å². The predicted octanol–water partition coefficient (Wildman–Crippen LogP) is 2.00. The van der Waals surface area contributed by atoms with Crippen molar-refractivity contribution in [2.45, 2.75) is 52.1 Å². The lowest BCUT2D eigenvalue weighted by Gasteiger charge is -2.42. The monoisotopic (exact) mass is 228 g/mol. The van der Waals surface area contributed by atoms with E-state index in [0.29, 0.717) is 13.2 Å². The third-order valence-electron chi connectivity index (χ3n) is 2.93. The first-order valence-corrected chi connectivity index (χ1v) is 6.14. The average Bonchev–Trinajstić information content (AvgIpc) is 2.22. The van der Waals surface area contributed by atoms with Crippen molar-refractivity contribution < 1.29 is 9.53 Å². The smallest absolute Gasteiger partial charge is 0.410 e. The summed E-state index contributed by atoms with van der Waals surface area (Å²) >= 11 is 0. The summed E-state index contributed by atoms with van der Waals surface area (Å²) in [6.07, 6.45) is 1.82. The lowest BCUT2D eigenvalue weighted by Crippen LogP contribution is -2.62. The van der Waals surface area contributed by atoms with Crippen LogP contribution in [0.3, 0.4) is 0 Å². The normalized spacial score (nSPS) is 24.2. The van der Waals surface area contributed by atoms with Gasteiger partial charge in [-0.2, -0.15) is 0 Å². The van der Waals surface area contributed by atoms with Crippen LogP contribution in [0.4, 0.5) is 4.79 Å². The summed E-state index contributed by atoms with van der Waals surface area (Å²) < 4.78 is 5.24. The van der Waals surface area contributed by atoms with Gasteiger partial charge in [-0.15, -0.1) is 0 Å². The lowest BCUT2D eigenvalue weighted by atomic mass is 10.00. The van der Waals surface area contributed by atoms with E-state index < -0.39 is 0 Å². The molecule has 4 nitrogen and oxygen atoms in total. The molecule has 1 N–H and O–H groups in total. The molecular formula is C12H24N2O2. The van der Waals surface area contributed by atoms with E-state index >= 15 is 0 Å². The van der Waals surface area contributed by atoms with Crippen LogP contribution in [0.1, 0.15) is 40.5 Å². The fourth-order valence-electron chi connectivity index (χ4n) is 1.80. The molecule has 1 aliphatic heterocycles. The van der Waals surface area contributed by atoms with E-state index in [1.54, 1.807) is 0 Å². The standard InChI is InChI=1S/C12H24N2O2/c1-5-6-7-16-11(15)14-9-12(3,4)13-8-10(14)2/h10,13H,5-9H2,1-4H3. The minimum atomic E-state index is -0.171. The summed E-state index contributed by atoms with van der Waals surface area (Å²) in [5.74, 6) is 0. The van der Waals surface area contributed by atoms with Crippen molar-refractivity contribution >= 4 is 6.09 Å². The minimum absolute atomic E-state index is 0.0176. The Hall–Kier alpha value is -0.770. The van der Waals surface area contributed by atoms with Crippen molar-refractivity contribution in [2.24, 2.45) is 0 Å². The number of carbonyl (C=O) groups excluding carboxylic acids is 1. The quantitative estimate of drug-likeness (QED) is 0.751. The molecule has 0 aromatic heterocycles. The van der Waals surface area contributed by atoms with Gasteiger partial charge in [0.15, 0.2) is 0 Å². The Balaban J connectivity index is 2.46. The predicted molar refractivity (Wildman–Crippen MR) is 64.5 cm³/mol. The van der Waals surface area contributed by atoms with Crippen LogP contribution in [0.25, 0.3) is 0 Å². The van der Waals surface area contributed by atoms with Gasteiger partial charge in [-0.05, 0) is 27.2 Å². The third-order valence-corrected chi connectivity index (χ3v) is 2.93. The van der Waals surface area contributed by atoms with Crippen LogP contribution >= 0.6 is 0 Å². The highest BCUT2D eigenvalue weighted by Gasteiger charge is 2.33. The van der Waals surface area contributed by atoms with E-state index in [2.05, 4.69) is 26.1 Å². The molecule has 0 saturated carbocycles. The summed E-state index contributed by atoms with van der Waals surface area (Å²) in [6, 6.07) is 0.210. The van der Waals surface area contributed by atoms with Crippen LogP contribution in [0.15, 0.2) is 0 Å². The molecule has 16 heavy (non-hydrogen) atoms. The molecule has 1 aliphatic rings. The summed E-state index contributed by atoms with van der Waals surface area (Å²) in [7, 11) is 0. The molecule has 0 aromatic rings. The Labute approximate surface area is 98.3 Å². The van der Waals surface area contributed by atoms with Crippen molar-refractivity contribution in [3.63, 3.8) is 0 Å². The Morgan fingerprint density at radius 1 is 1.56 bits per heavy atom. The van der Waals surface area contributed by atoms with Gasteiger partial charge < -0.3 is 15.0 Å². The van der Waals surface area contributed by atoms with E-state index in [4.69, 9.17) is 4.74 Å². The van der Waals surface area contributed by atoms with Crippen LogP contribution in [-0.4, -0.2) is 42.3 Å². The fraction of sp³-hybridized carbons (Fsp3) is 0.917. The summed E-state index contributed by atoms with van der Waals surface area (Å²) in [6.45, 7) is 10.4. The zero-order chi connectivity index (χ0) is 12.2. The second-order valence-electron chi connectivity index (χ2n) is 5.21. The number of carbonyl (C=O) groups is 1. The first kappa shape index (κ1) is 13.3. The topological polar surface area (TPSA) is 41.6 Å². The molecule has 1 saturated heterocycles. The Kier molecular flexibility index (Phi) is 4.59. The van der Waals surface area contributed by atoms with Gasteiger partial charge in [0.05, 0.1) is 6.61 Å². The number of hydrogen-bond donors (Lipinski definition) is 1. The van der Waals surface area contributed by atoms with E-state index in [1.165, 1.54) is 0 Å². The fourth-order valence-corrected chi connectivity index (χ4v) is 1.80. The molecule has 1 amide bonds. The highest BCUT2D eigenvalue weighted by molar-refractivity contribution is 5.68. The van der Waals surface area contributed by atoms with Gasteiger partial charge >= 0.3 is 6.09 Å². The lowest BCUT2D eigenvalue weighted by molar-refractivity contribution is 0.0582. The van der Waals surface area contributed by atoms with E-state index in [-0.39, 0.29) is 17.7 Å². The highest BCUT2D eigenvalue weighted by atomic mass is 16.6. The maximum Gasteiger partial charge on any atom is 0.410 e. The number of hydrogen-bond acceptors (Lipinski definition) is 3. The number of nitrogens with zero attached hydrogens (tertiary/aromatic N) is 1. The number of unbranched alkanes of at least 4 members (excludes halogenated alkanes) is 1. The van der Waals surface area contributed by atoms with Crippen LogP contribution in [0, 0.1) is 0 Å². The van der Waals surface area contributed by atoms with Crippen LogP contribution in [0.5, 0.6) is 0 Å². The number of piperazine rings is 1. The number of amides is 1. The molecule has 1 fully saturated rings. The first-order valence-electron chi connectivity index (χ1n) is 6.14. The number of nitrogens with one attached hydrogen (secondary N) is 1. The molecule has 0 aliphatic carbocycles. The Morgan fingerprint density at radius 3 is 2.88 bits per heavy atom. The highest BCUT2D eigenvalue weighted by Crippen LogP contribution is 2.15. The summed E-state index contributed by atoms with van der Waals surface area (Å²) in [5, 5.41) is 3.41. The molecule has 0 bridgehead atoms. The van der Waals surface area contributed by atoms with Crippen LogP contribution in [0.2, 0.25) is 0 Å². The van der Waals surface area contributed by atoms with Gasteiger partial charge in [-0.3, -0.25) is 0 Å². The molecule has 0 spiro atoms. The van der Waals surface area contributed by atoms with E-state index in [0.717, 1.165) is 19.4 Å². The average molecular weight is 228 g/mol. The molecule has 1 atom stereocenters. The van der Waals surface area contributed by atoms with Crippen LogP contribution in [-0.2, 0) is 4.74 Å². The van der Waals surface area contributed by atoms with Crippen molar-refractivity contribution in [3.05, 3.63) is 0 Å². The maximum atomic E-state index is 11.8. The first-order chi connectivity index (χ1) is 7.46.